The minimum atomic E-state index is -1.10. The molecule has 0 unspecified atom stereocenters. The van der Waals surface area contributed by atoms with E-state index in [0.717, 1.165) is 4.88 Å². The summed E-state index contributed by atoms with van der Waals surface area (Å²) in [5, 5.41) is 9.06. The Morgan fingerprint density at radius 3 is 2.53 bits per heavy atom. The van der Waals surface area contributed by atoms with E-state index in [1.165, 1.54) is 23.7 Å². The molecule has 6 nitrogen and oxygen atoms in total. The van der Waals surface area contributed by atoms with Gasteiger partial charge in [-0.1, -0.05) is 11.3 Å². The number of anilines is 1. The van der Waals surface area contributed by atoms with Gasteiger partial charge in [-0.05, 0) is 0 Å². The van der Waals surface area contributed by atoms with Gasteiger partial charge >= 0.3 is 5.97 Å². The van der Waals surface area contributed by atoms with Crippen LogP contribution in [0.5, 0.6) is 0 Å². The molecule has 0 saturated carbocycles. The standard InChI is InChI=1S/C8H6N4O2S/c9-8-12-3-6(15-8)4-1-11-5(2-10-4)7(13)14/h1-3H,(H2,9,12)(H,13,14). The number of nitrogens with zero attached hydrogens (tertiary/aromatic N) is 3. The van der Waals surface area contributed by atoms with Crippen LogP contribution in [0.15, 0.2) is 18.6 Å². The molecule has 0 aromatic carbocycles. The molecule has 0 spiro atoms. The average Bonchev–Trinajstić information content (AvgIpc) is 2.65. The third kappa shape index (κ3) is 1.91. The van der Waals surface area contributed by atoms with E-state index in [9.17, 15) is 4.79 Å². The van der Waals surface area contributed by atoms with Gasteiger partial charge in [-0.25, -0.2) is 14.8 Å². The number of carbonyl (C=O) groups is 1. The Morgan fingerprint density at radius 1 is 1.27 bits per heavy atom. The van der Waals surface area contributed by atoms with Crippen molar-refractivity contribution < 1.29 is 9.90 Å². The van der Waals surface area contributed by atoms with Crippen LogP contribution in [0.4, 0.5) is 5.13 Å². The molecule has 0 aliphatic heterocycles. The van der Waals surface area contributed by atoms with Crippen molar-refractivity contribution in [1.82, 2.24) is 15.0 Å². The van der Waals surface area contributed by atoms with Crippen LogP contribution in [0, 0.1) is 0 Å². The summed E-state index contributed by atoms with van der Waals surface area (Å²) in [6.07, 6.45) is 4.16. The van der Waals surface area contributed by atoms with Crippen LogP contribution < -0.4 is 5.73 Å². The summed E-state index contributed by atoms with van der Waals surface area (Å²) in [4.78, 5) is 22.8. The maximum absolute atomic E-state index is 10.5. The van der Waals surface area contributed by atoms with Crippen LogP contribution in [0.2, 0.25) is 0 Å². The molecule has 0 bridgehead atoms. The number of carboxylic acids is 1. The molecule has 0 amide bonds. The third-order valence-corrected chi connectivity index (χ3v) is 2.50. The third-order valence-electron chi connectivity index (χ3n) is 1.65. The number of hydrogen-bond donors (Lipinski definition) is 2. The summed E-state index contributed by atoms with van der Waals surface area (Å²) in [5.74, 6) is -1.10. The van der Waals surface area contributed by atoms with Crippen molar-refractivity contribution in [2.24, 2.45) is 0 Å². The van der Waals surface area contributed by atoms with Crippen molar-refractivity contribution in [3.63, 3.8) is 0 Å². The van der Waals surface area contributed by atoms with E-state index in [4.69, 9.17) is 10.8 Å². The lowest BCUT2D eigenvalue weighted by atomic mass is 10.4. The first kappa shape index (κ1) is 9.53. The number of thiazole rings is 1. The van der Waals surface area contributed by atoms with Gasteiger partial charge < -0.3 is 10.8 Å². The van der Waals surface area contributed by atoms with Gasteiger partial charge in [0.15, 0.2) is 10.8 Å². The molecule has 15 heavy (non-hydrogen) atoms. The second-order valence-corrected chi connectivity index (χ2v) is 3.72. The maximum Gasteiger partial charge on any atom is 0.356 e. The number of nitrogen functional groups attached to an aromatic ring is 1. The highest BCUT2D eigenvalue weighted by Gasteiger charge is 2.07. The first-order valence-corrected chi connectivity index (χ1v) is 4.75. The molecule has 0 aliphatic rings. The van der Waals surface area contributed by atoms with Gasteiger partial charge in [-0.3, -0.25) is 4.98 Å². The van der Waals surface area contributed by atoms with E-state index in [-0.39, 0.29) is 5.69 Å². The van der Waals surface area contributed by atoms with Gasteiger partial charge in [-0.2, -0.15) is 0 Å². The second kappa shape index (κ2) is 3.62. The lowest BCUT2D eigenvalue weighted by molar-refractivity contribution is 0.0690. The zero-order chi connectivity index (χ0) is 10.8. The van der Waals surface area contributed by atoms with E-state index in [1.807, 2.05) is 0 Å². The maximum atomic E-state index is 10.5. The smallest absolute Gasteiger partial charge is 0.356 e. The first-order valence-electron chi connectivity index (χ1n) is 3.94. The van der Waals surface area contributed by atoms with E-state index >= 15 is 0 Å². The normalized spacial score (nSPS) is 10.1. The Morgan fingerprint density at radius 2 is 2.07 bits per heavy atom. The van der Waals surface area contributed by atoms with Gasteiger partial charge in [0.1, 0.15) is 5.69 Å². The molecule has 0 saturated heterocycles. The molecule has 2 heterocycles. The minimum Gasteiger partial charge on any atom is -0.476 e. The molecule has 76 valence electrons. The second-order valence-electron chi connectivity index (χ2n) is 2.65. The molecule has 7 heteroatoms. The highest BCUT2D eigenvalue weighted by atomic mass is 32.1. The summed E-state index contributed by atoms with van der Waals surface area (Å²) in [7, 11) is 0. The highest BCUT2D eigenvalue weighted by Crippen LogP contribution is 2.24. The SMILES string of the molecule is Nc1ncc(-c2cnc(C(=O)O)cn2)s1. The Labute approximate surface area is 88.4 Å². The summed E-state index contributed by atoms with van der Waals surface area (Å²) in [6, 6.07) is 0. The number of rotatable bonds is 2. The molecule has 2 rings (SSSR count). The summed E-state index contributed by atoms with van der Waals surface area (Å²) < 4.78 is 0. The average molecular weight is 222 g/mol. The molecule has 0 radical (unpaired) electrons. The molecular weight excluding hydrogens is 216 g/mol. The number of aromatic carboxylic acids is 1. The Bertz CT molecular complexity index is 494. The Balaban J connectivity index is 2.35. The van der Waals surface area contributed by atoms with Gasteiger partial charge in [0.25, 0.3) is 0 Å². The topological polar surface area (TPSA) is 102 Å². The molecular formula is C8H6N4O2S. The summed E-state index contributed by atoms with van der Waals surface area (Å²) >= 11 is 1.27. The Hall–Kier alpha value is -2.02. The molecule has 2 aromatic rings. The van der Waals surface area contributed by atoms with Crippen molar-refractivity contribution in [1.29, 1.82) is 0 Å². The van der Waals surface area contributed by atoms with Crippen molar-refractivity contribution in [2.45, 2.75) is 0 Å². The fourth-order valence-corrected chi connectivity index (χ4v) is 1.62. The van der Waals surface area contributed by atoms with Crippen LogP contribution >= 0.6 is 11.3 Å². The van der Waals surface area contributed by atoms with Crippen LogP contribution in [-0.4, -0.2) is 26.0 Å². The molecule has 3 N–H and O–H groups in total. The number of aromatic nitrogens is 3. The van der Waals surface area contributed by atoms with Gasteiger partial charge in [0, 0.05) is 6.20 Å². The van der Waals surface area contributed by atoms with Crippen molar-refractivity contribution >= 4 is 22.4 Å². The zero-order valence-corrected chi connectivity index (χ0v) is 8.23. The number of carboxylic acid groups (broad SMARTS) is 1. The van der Waals surface area contributed by atoms with Crippen LogP contribution in [-0.2, 0) is 0 Å². The van der Waals surface area contributed by atoms with Gasteiger partial charge in [-0.15, -0.1) is 0 Å². The van der Waals surface area contributed by atoms with Crippen molar-refractivity contribution in [3.8, 4) is 10.6 Å². The largest absolute Gasteiger partial charge is 0.476 e. The number of nitrogens with two attached hydrogens (primary N) is 1. The summed E-state index contributed by atoms with van der Waals surface area (Å²) in [6.45, 7) is 0. The van der Waals surface area contributed by atoms with E-state index in [0.29, 0.717) is 10.8 Å². The molecule has 0 fully saturated rings. The monoisotopic (exact) mass is 222 g/mol. The molecule has 2 aromatic heterocycles. The van der Waals surface area contributed by atoms with Crippen LogP contribution in [0.3, 0.4) is 0 Å². The van der Waals surface area contributed by atoms with E-state index in [2.05, 4.69) is 15.0 Å². The van der Waals surface area contributed by atoms with Gasteiger partial charge in [0.2, 0.25) is 0 Å². The first-order chi connectivity index (χ1) is 7.16. The van der Waals surface area contributed by atoms with Crippen LogP contribution in [0.25, 0.3) is 10.6 Å². The van der Waals surface area contributed by atoms with E-state index in [1.54, 1.807) is 6.20 Å². The fourth-order valence-electron chi connectivity index (χ4n) is 0.972. The lowest BCUT2D eigenvalue weighted by Crippen LogP contribution is -2.00. The van der Waals surface area contributed by atoms with Crippen molar-refractivity contribution in [2.75, 3.05) is 5.73 Å². The Kier molecular flexibility index (Phi) is 2.30. The van der Waals surface area contributed by atoms with E-state index < -0.39 is 5.97 Å². The number of hydrogen-bond acceptors (Lipinski definition) is 6. The molecule has 0 atom stereocenters. The van der Waals surface area contributed by atoms with Crippen molar-refractivity contribution in [3.05, 3.63) is 24.3 Å². The molecule has 0 aliphatic carbocycles. The summed E-state index contributed by atoms with van der Waals surface area (Å²) in [5.41, 5.74) is 5.94. The van der Waals surface area contributed by atoms with Gasteiger partial charge in [0.05, 0.1) is 17.3 Å². The lowest BCUT2D eigenvalue weighted by Gasteiger charge is -1.95. The zero-order valence-electron chi connectivity index (χ0n) is 7.41. The highest BCUT2D eigenvalue weighted by molar-refractivity contribution is 7.18. The van der Waals surface area contributed by atoms with Crippen LogP contribution in [0.1, 0.15) is 10.5 Å². The minimum absolute atomic E-state index is 0.0868. The predicted octanol–water partition coefficient (Wildman–Crippen LogP) is 0.881. The fraction of sp³-hybridized carbons (Fsp3) is 0. The quantitative estimate of drug-likeness (QED) is 0.782. The predicted molar refractivity (Wildman–Crippen MR) is 54.5 cm³/mol.